The van der Waals surface area contributed by atoms with Crippen LogP contribution < -0.4 is 20.1 Å². The SMILES string of the molecule is CC1(C)CC(=O)SC(=NCCCCNCC2COc3ccccc3O2)N1. The van der Waals surface area contributed by atoms with Gasteiger partial charge in [-0.25, -0.2) is 0 Å². The van der Waals surface area contributed by atoms with Crippen LogP contribution in [0, 0.1) is 0 Å². The number of benzene rings is 1. The lowest BCUT2D eigenvalue weighted by Gasteiger charge is -2.31. The fourth-order valence-electron chi connectivity index (χ4n) is 2.90. The predicted octanol–water partition coefficient (Wildman–Crippen LogP) is 2.58. The van der Waals surface area contributed by atoms with Gasteiger partial charge in [-0.2, -0.15) is 0 Å². The van der Waals surface area contributed by atoms with Gasteiger partial charge in [0.2, 0.25) is 0 Å². The third-order valence-corrected chi connectivity index (χ3v) is 5.00. The number of fused-ring (bicyclic) bond motifs is 1. The number of hydrogen-bond donors (Lipinski definition) is 2. The minimum Gasteiger partial charge on any atom is -0.486 e. The first kappa shape index (κ1) is 19.0. The van der Waals surface area contributed by atoms with Gasteiger partial charge in [0.25, 0.3) is 0 Å². The zero-order valence-electron chi connectivity index (χ0n) is 15.4. The topological polar surface area (TPSA) is 72.0 Å². The van der Waals surface area contributed by atoms with Crippen molar-refractivity contribution in [2.24, 2.45) is 4.99 Å². The number of aliphatic imine (C=N–C) groups is 1. The molecule has 3 rings (SSSR count). The van der Waals surface area contributed by atoms with Gasteiger partial charge in [0.1, 0.15) is 12.7 Å². The third-order valence-electron chi connectivity index (χ3n) is 4.20. The molecule has 1 aromatic rings. The van der Waals surface area contributed by atoms with E-state index in [0.717, 1.165) is 49.1 Å². The fourth-order valence-corrected chi connectivity index (χ4v) is 4.04. The number of carbonyl (C=O) groups is 1. The predicted molar refractivity (Wildman–Crippen MR) is 105 cm³/mol. The Bertz CT molecular complexity index is 663. The number of unbranched alkanes of at least 4 members (excludes halogenated alkanes) is 1. The van der Waals surface area contributed by atoms with Crippen LogP contribution in [0.2, 0.25) is 0 Å². The van der Waals surface area contributed by atoms with Gasteiger partial charge in [0, 0.05) is 25.0 Å². The number of rotatable bonds is 7. The van der Waals surface area contributed by atoms with E-state index in [1.54, 1.807) is 0 Å². The van der Waals surface area contributed by atoms with Gasteiger partial charge in [0.05, 0.1) is 0 Å². The maximum Gasteiger partial charge on any atom is 0.198 e. The Morgan fingerprint density at radius 3 is 2.92 bits per heavy atom. The number of ether oxygens (including phenoxy) is 2. The minimum atomic E-state index is -0.191. The molecule has 26 heavy (non-hydrogen) atoms. The molecular formula is C19H27N3O3S. The Morgan fingerprint density at radius 2 is 2.12 bits per heavy atom. The Hall–Kier alpha value is -1.73. The minimum absolute atomic E-state index is 0.0428. The van der Waals surface area contributed by atoms with E-state index in [1.165, 1.54) is 11.8 Å². The molecule has 1 fully saturated rings. The normalized spacial score (nSPS) is 22.9. The summed E-state index contributed by atoms with van der Waals surface area (Å²) in [5.74, 6) is 1.63. The number of thioether (sulfide) groups is 1. The van der Waals surface area contributed by atoms with Crippen molar-refractivity contribution in [1.82, 2.24) is 10.6 Å². The van der Waals surface area contributed by atoms with Crippen LogP contribution in [0.4, 0.5) is 0 Å². The van der Waals surface area contributed by atoms with Gasteiger partial charge < -0.3 is 20.1 Å². The van der Waals surface area contributed by atoms with Crippen molar-refractivity contribution in [2.45, 2.75) is 44.8 Å². The molecule has 7 heteroatoms. The molecule has 2 aliphatic rings. The molecule has 0 aromatic heterocycles. The Kier molecular flexibility index (Phi) is 6.43. The van der Waals surface area contributed by atoms with Crippen molar-refractivity contribution < 1.29 is 14.3 Å². The van der Waals surface area contributed by atoms with Crippen LogP contribution in [0.25, 0.3) is 0 Å². The number of amidine groups is 1. The molecule has 0 amide bonds. The van der Waals surface area contributed by atoms with E-state index in [-0.39, 0.29) is 16.8 Å². The van der Waals surface area contributed by atoms with E-state index in [2.05, 4.69) is 15.6 Å². The van der Waals surface area contributed by atoms with Crippen LogP contribution in [0.1, 0.15) is 33.1 Å². The molecule has 0 bridgehead atoms. The summed E-state index contributed by atoms with van der Waals surface area (Å²) in [5, 5.41) is 7.68. The molecule has 1 atom stereocenters. The second kappa shape index (κ2) is 8.77. The van der Waals surface area contributed by atoms with E-state index >= 15 is 0 Å². The van der Waals surface area contributed by atoms with Gasteiger partial charge in [-0.15, -0.1) is 0 Å². The molecular weight excluding hydrogens is 350 g/mol. The van der Waals surface area contributed by atoms with Crippen LogP contribution in [-0.2, 0) is 4.79 Å². The van der Waals surface area contributed by atoms with Crippen LogP contribution >= 0.6 is 11.8 Å². The highest BCUT2D eigenvalue weighted by atomic mass is 32.2. The van der Waals surface area contributed by atoms with Crippen LogP contribution in [0.5, 0.6) is 11.5 Å². The Labute approximate surface area is 159 Å². The lowest BCUT2D eigenvalue weighted by molar-refractivity contribution is -0.112. The first-order chi connectivity index (χ1) is 12.5. The fraction of sp³-hybridized carbons (Fsp3) is 0.579. The molecule has 2 N–H and O–H groups in total. The van der Waals surface area contributed by atoms with Crippen molar-refractivity contribution in [1.29, 1.82) is 0 Å². The van der Waals surface area contributed by atoms with Gasteiger partial charge >= 0.3 is 0 Å². The first-order valence-electron chi connectivity index (χ1n) is 9.14. The molecule has 1 saturated heterocycles. The number of nitrogens with zero attached hydrogens (tertiary/aromatic N) is 1. The zero-order chi connectivity index (χ0) is 18.4. The summed E-state index contributed by atoms with van der Waals surface area (Å²) in [7, 11) is 0. The average Bonchev–Trinajstić information content (AvgIpc) is 2.59. The molecule has 6 nitrogen and oxygen atoms in total. The highest BCUT2D eigenvalue weighted by Crippen LogP contribution is 2.30. The molecule has 0 spiro atoms. The monoisotopic (exact) mass is 377 g/mol. The summed E-state index contributed by atoms with van der Waals surface area (Å²) < 4.78 is 11.6. The van der Waals surface area contributed by atoms with E-state index in [9.17, 15) is 4.79 Å². The van der Waals surface area contributed by atoms with Gasteiger partial charge in [0.15, 0.2) is 21.8 Å². The molecule has 1 aromatic carbocycles. The molecule has 142 valence electrons. The smallest absolute Gasteiger partial charge is 0.198 e. The number of para-hydroxylation sites is 2. The van der Waals surface area contributed by atoms with E-state index < -0.39 is 0 Å². The molecule has 2 heterocycles. The molecule has 1 unspecified atom stereocenters. The summed E-state index contributed by atoms with van der Waals surface area (Å²) >= 11 is 1.22. The highest BCUT2D eigenvalue weighted by Gasteiger charge is 2.30. The highest BCUT2D eigenvalue weighted by molar-refractivity contribution is 8.26. The van der Waals surface area contributed by atoms with E-state index in [1.807, 2.05) is 38.1 Å². The maximum absolute atomic E-state index is 11.7. The van der Waals surface area contributed by atoms with Crippen molar-refractivity contribution in [2.75, 3.05) is 26.2 Å². The number of carbonyl (C=O) groups excluding carboxylic acids is 1. The lowest BCUT2D eigenvalue weighted by Crippen LogP contribution is -2.47. The van der Waals surface area contributed by atoms with E-state index in [0.29, 0.717) is 13.0 Å². The van der Waals surface area contributed by atoms with Gasteiger partial charge in [-0.3, -0.25) is 9.79 Å². The van der Waals surface area contributed by atoms with Crippen molar-refractivity contribution >= 4 is 22.0 Å². The lowest BCUT2D eigenvalue weighted by atomic mass is 10.0. The summed E-state index contributed by atoms with van der Waals surface area (Å²) in [6.45, 7) is 7.04. The summed E-state index contributed by atoms with van der Waals surface area (Å²) in [6, 6.07) is 7.76. The largest absolute Gasteiger partial charge is 0.486 e. The first-order valence-corrected chi connectivity index (χ1v) is 9.96. The summed E-state index contributed by atoms with van der Waals surface area (Å²) in [4.78, 5) is 16.2. The van der Waals surface area contributed by atoms with Gasteiger partial charge in [-0.05, 0) is 57.1 Å². The molecule has 0 radical (unpaired) electrons. The number of nitrogens with one attached hydrogen (secondary N) is 2. The van der Waals surface area contributed by atoms with E-state index in [4.69, 9.17) is 9.47 Å². The Balaban J connectivity index is 1.28. The van der Waals surface area contributed by atoms with Crippen molar-refractivity contribution in [3.05, 3.63) is 24.3 Å². The molecule has 0 aliphatic carbocycles. The molecule has 2 aliphatic heterocycles. The van der Waals surface area contributed by atoms with Crippen molar-refractivity contribution in [3.63, 3.8) is 0 Å². The average molecular weight is 378 g/mol. The second-order valence-electron chi connectivity index (χ2n) is 7.26. The second-order valence-corrected chi connectivity index (χ2v) is 8.30. The maximum atomic E-state index is 11.7. The van der Waals surface area contributed by atoms with Gasteiger partial charge in [-0.1, -0.05) is 12.1 Å². The summed E-state index contributed by atoms with van der Waals surface area (Å²) in [5.41, 5.74) is -0.191. The number of hydrogen-bond acceptors (Lipinski definition) is 6. The van der Waals surface area contributed by atoms with Crippen LogP contribution in [0.15, 0.2) is 29.3 Å². The van der Waals surface area contributed by atoms with Crippen LogP contribution in [0.3, 0.4) is 0 Å². The van der Waals surface area contributed by atoms with Crippen molar-refractivity contribution in [3.8, 4) is 11.5 Å². The quantitative estimate of drug-likeness (QED) is 0.712. The zero-order valence-corrected chi connectivity index (χ0v) is 16.2. The Morgan fingerprint density at radius 1 is 1.31 bits per heavy atom. The third kappa shape index (κ3) is 5.64. The standard InChI is InChI=1S/C19H27N3O3S/c1-19(2)11-17(23)26-18(22-19)21-10-6-5-9-20-12-14-13-24-15-7-3-4-8-16(15)25-14/h3-4,7-8,14,20H,5-6,9-13H2,1-2H3,(H,21,22). The molecule has 0 saturated carbocycles. The summed E-state index contributed by atoms with van der Waals surface area (Å²) in [6.07, 6.45) is 2.60. The van der Waals surface area contributed by atoms with Crippen LogP contribution in [-0.4, -0.2) is 48.2 Å².